The highest BCUT2D eigenvalue weighted by molar-refractivity contribution is 5.48. The average Bonchev–Trinajstić information content (AvgIpc) is 2.47. The Labute approximate surface area is 110 Å². The summed E-state index contributed by atoms with van der Waals surface area (Å²) in [4.78, 5) is 4.65. The molecular formula is C15H21N3. The van der Waals surface area contributed by atoms with Gasteiger partial charge in [0, 0.05) is 31.9 Å². The Morgan fingerprint density at radius 1 is 1.17 bits per heavy atom. The fourth-order valence-corrected chi connectivity index (χ4v) is 2.39. The largest absolute Gasteiger partial charge is 0.369 e. The number of hydrogen-bond acceptors (Lipinski definition) is 3. The Kier molecular flexibility index (Phi) is 4.22. The van der Waals surface area contributed by atoms with Crippen molar-refractivity contribution < 1.29 is 0 Å². The summed E-state index contributed by atoms with van der Waals surface area (Å²) in [6.07, 6.45) is 1.09. The van der Waals surface area contributed by atoms with E-state index in [0.29, 0.717) is 0 Å². The van der Waals surface area contributed by atoms with Gasteiger partial charge in [0.1, 0.15) is 0 Å². The van der Waals surface area contributed by atoms with Gasteiger partial charge in [-0.1, -0.05) is 19.1 Å². The highest BCUT2D eigenvalue weighted by Gasteiger charge is 2.20. The van der Waals surface area contributed by atoms with E-state index in [4.69, 9.17) is 5.26 Å². The minimum Gasteiger partial charge on any atom is -0.369 e. The van der Waals surface area contributed by atoms with Crippen molar-refractivity contribution in [3.05, 3.63) is 29.8 Å². The van der Waals surface area contributed by atoms with Crippen molar-refractivity contribution in [3.8, 4) is 6.07 Å². The Hall–Kier alpha value is -1.53. The number of piperazine rings is 1. The van der Waals surface area contributed by atoms with E-state index >= 15 is 0 Å². The van der Waals surface area contributed by atoms with Crippen LogP contribution in [0.5, 0.6) is 0 Å². The van der Waals surface area contributed by atoms with E-state index in [1.165, 1.54) is 11.3 Å². The molecule has 18 heavy (non-hydrogen) atoms. The number of anilines is 1. The molecule has 1 unspecified atom stereocenters. The van der Waals surface area contributed by atoms with Crippen LogP contribution >= 0.6 is 0 Å². The first kappa shape index (κ1) is 12.9. The van der Waals surface area contributed by atoms with Crippen LogP contribution in [-0.4, -0.2) is 37.1 Å². The number of nitrogens with zero attached hydrogens (tertiary/aromatic N) is 3. The predicted octanol–water partition coefficient (Wildman–Crippen LogP) is 2.28. The minimum atomic E-state index is 0.0367. The van der Waals surface area contributed by atoms with Crippen LogP contribution in [0.25, 0.3) is 0 Å². The van der Waals surface area contributed by atoms with E-state index in [1.807, 2.05) is 6.92 Å². The Balaban J connectivity index is 1.95. The molecule has 3 heteroatoms. The normalized spacial score (nSPS) is 18.4. The van der Waals surface area contributed by atoms with Gasteiger partial charge in [-0.25, -0.2) is 0 Å². The zero-order chi connectivity index (χ0) is 13.0. The highest BCUT2D eigenvalue weighted by Crippen LogP contribution is 2.18. The Morgan fingerprint density at radius 2 is 1.78 bits per heavy atom. The average molecular weight is 243 g/mol. The maximum Gasteiger partial charge on any atom is 0.0950 e. The van der Waals surface area contributed by atoms with Crippen molar-refractivity contribution in [3.63, 3.8) is 0 Å². The molecule has 3 nitrogen and oxygen atoms in total. The third kappa shape index (κ3) is 2.83. The van der Waals surface area contributed by atoms with Gasteiger partial charge < -0.3 is 4.90 Å². The van der Waals surface area contributed by atoms with Crippen molar-refractivity contribution in [2.24, 2.45) is 0 Å². The van der Waals surface area contributed by atoms with E-state index in [-0.39, 0.29) is 6.04 Å². The molecule has 0 bridgehead atoms. The lowest BCUT2D eigenvalue weighted by Gasteiger charge is -2.37. The van der Waals surface area contributed by atoms with Gasteiger partial charge in [0.25, 0.3) is 0 Å². The van der Waals surface area contributed by atoms with Gasteiger partial charge >= 0.3 is 0 Å². The molecule has 96 valence electrons. The van der Waals surface area contributed by atoms with Crippen molar-refractivity contribution in [1.82, 2.24) is 4.90 Å². The van der Waals surface area contributed by atoms with Crippen LogP contribution in [0.15, 0.2) is 24.3 Å². The number of hydrogen-bond donors (Lipinski definition) is 0. The molecular weight excluding hydrogens is 222 g/mol. The molecule has 0 spiro atoms. The number of nitriles is 1. The van der Waals surface area contributed by atoms with Gasteiger partial charge in [-0.2, -0.15) is 5.26 Å². The maximum atomic E-state index is 8.92. The predicted molar refractivity (Wildman–Crippen MR) is 74.7 cm³/mol. The van der Waals surface area contributed by atoms with Crippen LogP contribution in [-0.2, 0) is 6.42 Å². The lowest BCUT2D eigenvalue weighted by molar-refractivity contribution is 0.231. The van der Waals surface area contributed by atoms with Crippen molar-refractivity contribution in [2.75, 3.05) is 31.1 Å². The third-order valence-corrected chi connectivity index (χ3v) is 3.76. The molecule has 1 aliphatic heterocycles. The third-order valence-electron chi connectivity index (χ3n) is 3.76. The lowest BCUT2D eigenvalue weighted by atomic mass is 10.1. The molecule has 2 rings (SSSR count). The summed E-state index contributed by atoms with van der Waals surface area (Å²) in [7, 11) is 0. The summed E-state index contributed by atoms with van der Waals surface area (Å²) in [5.41, 5.74) is 2.69. The van der Waals surface area contributed by atoms with Crippen molar-refractivity contribution >= 4 is 5.69 Å². The molecule has 0 N–H and O–H groups in total. The quantitative estimate of drug-likeness (QED) is 0.816. The fourth-order valence-electron chi connectivity index (χ4n) is 2.39. The van der Waals surface area contributed by atoms with E-state index in [9.17, 15) is 0 Å². The molecule has 1 saturated heterocycles. The molecule has 1 aromatic carbocycles. The van der Waals surface area contributed by atoms with Gasteiger partial charge in [-0.05, 0) is 31.0 Å². The van der Waals surface area contributed by atoms with Crippen LogP contribution in [0, 0.1) is 11.3 Å². The second-order valence-corrected chi connectivity index (χ2v) is 4.85. The monoisotopic (exact) mass is 243 g/mol. The Morgan fingerprint density at radius 3 is 2.28 bits per heavy atom. The SMILES string of the molecule is CCc1ccc(N2CCN(C(C)C#N)CC2)cc1. The molecule has 0 saturated carbocycles. The summed E-state index contributed by atoms with van der Waals surface area (Å²) in [5.74, 6) is 0. The van der Waals surface area contributed by atoms with Crippen molar-refractivity contribution in [1.29, 1.82) is 5.26 Å². The molecule has 1 atom stereocenters. The number of rotatable bonds is 3. The molecule has 0 aliphatic carbocycles. The van der Waals surface area contributed by atoms with Gasteiger partial charge in [0.2, 0.25) is 0 Å². The van der Waals surface area contributed by atoms with Gasteiger partial charge in [0.15, 0.2) is 0 Å². The van der Waals surface area contributed by atoms with Crippen LogP contribution in [0.4, 0.5) is 5.69 Å². The second kappa shape index (κ2) is 5.88. The van der Waals surface area contributed by atoms with Crippen LogP contribution in [0.3, 0.4) is 0 Å². The fraction of sp³-hybridized carbons (Fsp3) is 0.533. The Bertz CT molecular complexity index is 410. The molecule has 0 amide bonds. The summed E-state index contributed by atoms with van der Waals surface area (Å²) >= 11 is 0. The first-order valence-corrected chi connectivity index (χ1v) is 6.72. The summed E-state index contributed by atoms with van der Waals surface area (Å²) in [6.45, 7) is 8.13. The van der Waals surface area contributed by atoms with E-state index in [2.05, 4.69) is 47.1 Å². The first-order chi connectivity index (χ1) is 8.74. The van der Waals surface area contributed by atoms with Gasteiger partial charge in [-0.15, -0.1) is 0 Å². The number of benzene rings is 1. The first-order valence-electron chi connectivity index (χ1n) is 6.72. The number of aryl methyl sites for hydroxylation is 1. The summed E-state index contributed by atoms with van der Waals surface area (Å²) in [5, 5.41) is 8.92. The molecule has 0 radical (unpaired) electrons. The van der Waals surface area contributed by atoms with E-state index in [1.54, 1.807) is 0 Å². The smallest absolute Gasteiger partial charge is 0.0950 e. The second-order valence-electron chi connectivity index (χ2n) is 4.85. The van der Waals surface area contributed by atoms with Gasteiger partial charge in [0.05, 0.1) is 12.1 Å². The summed E-state index contributed by atoms with van der Waals surface area (Å²) < 4.78 is 0. The molecule has 1 aromatic rings. The zero-order valence-corrected chi connectivity index (χ0v) is 11.3. The standard InChI is InChI=1S/C15H21N3/c1-3-14-4-6-15(7-5-14)18-10-8-17(9-11-18)13(2)12-16/h4-7,13H,3,8-11H2,1-2H3. The minimum absolute atomic E-state index is 0.0367. The molecule has 1 heterocycles. The van der Waals surface area contributed by atoms with E-state index in [0.717, 1.165) is 32.6 Å². The lowest BCUT2D eigenvalue weighted by Crippen LogP contribution is -2.49. The van der Waals surface area contributed by atoms with Crippen molar-refractivity contribution in [2.45, 2.75) is 26.3 Å². The highest BCUT2D eigenvalue weighted by atomic mass is 15.3. The summed E-state index contributed by atoms with van der Waals surface area (Å²) in [6, 6.07) is 11.2. The topological polar surface area (TPSA) is 30.3 Å². The van der Waals surface area contributed by atoms with Crippen LogP contribution in [0.1, 0.15) is 19.4 Å². The van der Waals surface area contributed by atoms with Gasteiger partial charge in [-0.3, -0.25) is 4.90 Å². The van der Waals surface area contributed by atoms with E-state index < -0.39 is 0 Å². The molecule has 0 aromatic heterocycles. The van der Waals surface area contributed by atoms with Crippen LogP contribution in [0.2, 0.25) is 0 Å². The molecule has 1 fully saturated rings. The molecule has 1 aliphatic rings. The zero-order valence-electron chi connectivity index (χ0n) is 11.3. The van der Waals surface area contributed by atoms with Crippen LogP contribution < -0.4 is 4.90 Å². The maximum absolute atomic E-state index is 8.92.